The summed E-state index contributed by atoms with van der Waals surface area (Å²) in [5, 5.41) is 23.7. The molecule has 0 spiro atoms. The molecular formula is C13H8BrN5O3S. The van der Waals surface area contributed by atoms with Crippen LogP contribution in [0.1, 0.15) is 10.5 Å². The van der Waals surface area contributed by atoms with Crippen LogP contribution in [-0.4, -0.2) is 31.0 Å². The van der Waals surface area contributed by atoms with E-state index in [2.05, 4.69) is 36.5 Å². The van der Waals surface area contributed by atoms with Gasteiger partial charge in [0.1, 0.15) is 5.51 Å². The van der Waals surface area contributed by atoms with Gasteiger partial charge in [0.25, 0.3) is 11.5 Å². The van der Waals surface area contributed by atoms with Crippen LogP contribution in [-0.2, 0) is 0 Å². The van der Waals surface area contributed by atoms with Crippen molar-refractivity contribution < 1.29 is 9.90 Å². The number of nitrogens with one attached hydrogen (secondary N) is 1. The summed E-state index contributed by atoms with van der Waals surface area (Å²) in [5.41, 5.74) is 1.06. The molecule has 0 fully saturated rings. The number of aromatic nitrogens is 4. The standard InChI is InChI=1S/C13H8BrN5O3S/c14-7-1-3-8(4-2-7)19-10(21)5-9(20)11(18-19)12(22)16-13-17-15-6-23-13/h1-6,20H,(H,16,17,22). The van der Waals surface area contributed by atoms with Crippen LogP contribution in [0.25, 0.3) is 5.69 Å². The molecule has 3 aromatic rings. The molecule has 10 heteroatoms. The number of anilines is 1. The lowest BCUT2D eigenvalue weighted by Crippen LogP contribution is -2.25. The molecule has 23 heavy (non-hydrogen) atoms. The molecule has 0 bridgehead atoms. The first-order valence-electron chi connectivity index (χ1n) is 6.21. The minimum Gasteiger partial charge on any atom is -0.505 e. The summed E-state index contributed by atoms with van der Waals surface area (Å²) < 4.78 is 1.86. The highest BCUT2D eigenvalue weighted by Crippen LogP contribution is 2.17. The van der Waals surface area contributed by atoms with Crippen LogP contribution in [0.3, 0.4) is 0 Å². The van der Waals surface area contributed by atoms with E-state index < -0.39 is 17.2 Å². The van der Waals surface area contributed by atoms with Crippen molar-refractivity contribution in [1.29, 1.82) is 0 Å². The highest BCUT2D eigenvalue weighted by molar-refractivity contribution is 9.10. The van der Waals surface area contributed by atoms with E-state index in [1.54, 1.807) is 24.3 Å². The van der Waals surface area contributed by atoms with Crippen LogP contribution in [0.5, 0.6) is 5.75 Å². The van der Waals surface area contributed by atoms with E-state index in [4.69, 9.17) is 0 Å². The molecule has 0 aliphatic heterocycles. The van der Waals surface area contributed by atoms with Crippen LogP contribution in [0, 0.1) is 0 Å². The third-order valence-corrected chi connectivity index (χ3v) is 3.91. The van der Waals surface area contributed by atoms with Crippen LogP contribution in [0.2, 0.25) is 0 Å². The zero-order chi connectivity index (χ0) is 16.4. The van der Waals surface area contributed by atoms with Crippen LogP contribution in [0.4, 0.5) is 5.13 Å². The van der Waals surface area contributed by atoms with Crippen molar-refractivity contribution in [2.24, 2.45) is 0 Å². The molecule has 0 radical (unpaired) electrons. The van der Waals surface area contributed by atoms with Gasteiger partial charge in [0.05, 0.1) is 5.69 Å². The Morgan fingerprint density at radius 2 is 2.04 bits per heavy atom. The number of amides is 1. The number of hydrogen-bond donors (Lipinski definition) is 2. The lowest BCUT2D eigenvalue weighted by Gasteiger charge is -2.08. The topological polar surface area (TPSA) is 110 Å². The molecule has 2 N–H and O–H groups in total. The largest absolute Gasteiger partial charge is 0.505 e. The fourth-order valence-electron chi connectivity index (χ4n) is 1.76. The zero-order valence-corrected chi connectivity index (χ0v) is 13.7. The van der Waals surface area contributed by atoms with Gasteiger partial charge < -0.3 is 5.11 Å². The van der Waals surface area contributed by atoms with Gasteiger partial charge in [-0.3, -0.25) is 14.9 Å². The SMILES string of the molecule is O=C(Nc1nncs1)c1nn(-c2ccc(Br)cc2)c(=O)cc1O. The fourth-order valence-corrected chi connectivity index (χ4v) is 2.46. The molecule has 1 amide bonds. The maximum absolute atomic E-state index is 12.2. The Kier molecular flexibility index (Phi) is 4.17. The first-order valence-corrected chi connectivity index (χ1v) is 7.88. The van der Waals surface area contributed by atoms with Gasteiger partial charge in [-0.15, -0.1) is 10.2 Å². The highest BCUT2D eigenvalue weighted by Gasteiger charge is 2.18. The molecule has 8 nitrogen and oxygen atoms in total. The number of rotatable bonds is 3. The smallest absolute Gasteiger partial charge is 0.281 e. The van der Waals surface area contributed by atoms with E-state index in [1.165, 1.54) is 5.51 Å². The number of halogens is 1. The first kappa shape index (κ1) is 15.3. The number of nitrogens with zero attached hydrogens (tertiary/aromatic N) is 4. The van der Waals surface area contributed by atoms with Crippen molar-refractivity contribution in [2.75, 3.05) is 5.32 Å². The van der Waals surface area contributed by atoms with Gasteiger partial charge in [-0.25, -0.2) is 0 Å². The van der Waals surface area contributed by atoms with Crippen molar-refractivity contribution in [3.8, 4) is 11.4 Å². The van der Waals surface area contributed by atoms with Crippen LogP contribution >= 0.6 is 27.3 Å². The Bertz CT molecular complexity index is 908. The van der Waals surface area contributed by atoms with Gasteiger partial charge in [0.15, 0.2) is 11.4 Å². The number of aromatic hydroxyl groups is 1. The van der Waals surface area contributed by atoms with E-state index in [0.717, 1.165) is 26.6 Å². The molecule has 2 heterocycles. The molecular weight excluding hydrogens is 386 g/mol. The molecule has 3 rings (SSSR count). The summed E-state index contributed by atoms with van der Waals surface area (Å²) >= 11 is 4.42. The monoisotopic (exact) mass is 393 g/mol. The Hall–Kier alpha value is -2.59. The lowest BCUT2D eigenvalue weighted by atomic mass is 10.3. The molecule has 0 aliphatic rings. The third-order valence-electron chi connectivity index (χ3n) is 2.78. The quantitative estimate of drug-likeness (QED) is 0.701. The summed E-state index contributed by atoms with van der Waals surface area (Å²) in [6.07, 6.45) is 0. The van der Waals surface area contributed by atoms with Gasteiger partial charge >= 0.3 is 0 Å². The molecule has 0 aliphatic carbocycles. The van der Waals surface area contributed by atoms with Gasteiger partial charge in [0, 0.05) is 10.5 Å². The second-order valence-corrected chi connectivity index (χ2v) is 6.05. The van der Waals surface area contributed by atoms with E-state index in [9.17, 15) is 14.7 Å². The van der Waals surface area contributed by atoms with Crippen molar-refractivity contribution in [1.82, 2.24) is 20.0 Å². The Morgan fingerprint density at radius 3 is 2.70 bits per heavy atom. The number of carbonyl (C=O) groups is 1. The molecule has 2 aromatic heterocycles. The van der Waals surface area contributed by atoms with Crippen LogP contribution in [0.15, 0.2) is 45.1 Å². The number of carbonyl (C=O) groups excluding carboxylic acids is 1. The predicted molar refractivity (Wildman–Crippen MR) is 87.1 cm³/mol. The van der Waals surface area contributed by atoms with E-state index in [1.807, 2.05) is 0 Å². The van der Waals surface area contributed by atoms with Gasteiger partial charge in [0.2, 0.25) is 5.13 Å². The first-order chi connectivity index (χ1) is 11.0. The van der Waals surface area contributed by atoms with Gasteiger partial charge in [-0.2, -0.15) is 9.78 Å². The Labute approximate surface area is 141 Å². The fraction of sp³-hybridized carbons (Fsp3) is 0. The molecule has 0 unspecified atom stereocenters. The molecule has 0 saturated heterocycles. The van der Waals surface area contributed by atoms with Crippen molar-refractivity contribution in [3.63, 3.8) is 0 Å². The van der Waals surface area contributed by atoms with Crippen LogP contribution < -0.4 is 10.9 Å². The summed E-state index contributed by atoms with van der Waals surface area (Å²) in [6.45, 7) is 0. The van der Waals surface area contributed by atoms with Crippen molar-refractivity contribution >= 4 is 38.3 Å². The maximum Gasteiger partial charge on any atom is 0.281 e. The highest BCUT2D eigenvalue weighted by atomic mass is 79.9. The number of hydrogen-bond acceptors (Lipinski definition) is 7. The molecule has 116 valence electrons. The second kappa shape index (κ2) is 6.26. The normalized spacial score (nSPS) is 10.5. The molecule has 0 saturated carbocycles. The minimum absolute atomic E-state index is 0.262. The van der Waals surface area contributed by atoms with Gasteiger partial charge in [-0.1, -0.05) is 27.3 Å². The molecule has 1 aromatic carbocycles. The number of benzene rings is 1. The van der Waals surface area contributed by atoms with Crippen molar-refractivity contribution in [2.45, 2.75) is 0 Å². The molecule has 0 atom stereocenters. The average molecular weight is 394 g/mol. The minimum atomic E-state index is -0.690. The second-order valence-electron chi connectivity index (χ2n) is 4.30. The third kappa shape index (κ3) is 3.27. The lowest BCUT2D eigenvalue weighted by molar-refractivity contribution is 0.101. The zero-order valence-electron chi connectivity index (χ0n) is 11.3. The Morgan fingerprint density at radius 1 is 1.30 bits per heavy atom. The van der Waals surface area contributed by atoms with E-state index in [0.29, 0.717) is 5.69 Å². The summed E-state index contributed by atoms with van der Waals surface area (Å²) in [7, 11) is 0. The van der Waals surface area contributed by atoms with Gasteiger partial charge in [-0.05, 0) is 24.3 Å². The maximum atomic E-state index is 12.2. The average Bonchev–Trinajstić information content (AvgIpc) is 3.01. The summed E-state index contributed by atoms with van der Waals surface area (Å²) in [4.78, 5) is 24.2. The summed E-state index contributed by atoms with van der Waals surface area (Å²) in [6, 6.07) is 7.71. The van der Waals surface area contributed by atoms with Crippen molar-refractivity contribution in [3.05, 3.63) is 56.4 Å². The van der Waals surface area contributed by atoms with E-state index >= 15 is 0 Å². The summed E-state index contributed by atoms with van der Waals surface area (Å²) in [5.74, 6) is -1.20. The predicted octanol–water partition coefficient (Wildman–Crippen LogP) is 1.80. The van der Waals surface area contributed by atoms with E-state index in [-0.39, 0.29) is 10.8 Å². The Balaban J connectivity index is 2.01.